The van der Waals surface area contributed by atoms with Gasteiger partial charge in [0.25, 0.3) is 0 Å². The lowest BCUT2D eigenvalue weighted by molar-refractivity contribution is 0.0696. The van der Waals surface area contributed by atoms with E-state index in [-0.39, 0.29) is 12.2 Å². The van der Waals surface area contributed by atoms with E-state index >= 15 is 0 Å². The van der Waals surface area contributed by atoms with Crippen molar-refractivity contribution >= 4 is 11.8 Å². The lowest BCUT2D eigenvalue weighted by Crippen LogP contribution is -2.45. The molecule has 0 atom stereocenters. The largest absolute Gasteiger partial charge is 0.478 e. The first-order valence-corrected chi connectivity index (χ1v) is 5.77. The maximum absolute atomic E-state index is 11.3. The zero-order chi connectivity index (χ0) is 14.1. The third-order valence-corrected chi connectivity index (χ3v) is 3.15. The quantitative estimate of drug-likeness (QED) is 0.851. The number of carbonyl (C=O) groups is 1. The molecule has 1 aromatic rings. The first-order chi connectivity index (χ1) is 8.20. The molecule has 0 unspecified atom stereocenters. The topological polar surface area (TPSA) is 73.7 Å². The summed E-state index contributed by atoms with van der Waals surface area (Å²) in [6.45, 7) is 7.15. The van der Waals surface area contributed by atoms with E-state index in [1.807, 2.05) is 20.8 Å². The number of aromatic carboxylic acids is 1. The molecule has 0 amide bonds. The minimum absolute atomic E-state index is 0.0861. The molecule has 0 bridgehead atoms. The average molecular weight is 252 g/mol. The summed E-state index contributed by atoms with van der Waals surface area (Å²) in [6, 6.07) is 1.74. The highest BCUT2D eigenvalue weighted by molar-refractivity contribution is 5.95. The maximum Gasteiger partial charge on any atom is 0.339 e. The molecule has 1 rings (SSSR count). The lowest BCUT2D eigenvalue weighted by atomic mass is 10.0. The second-order valence-electron chi connectivity index (χ2n) is 5.11. The van der Waals surface area contributed by atoms with Gasteiger partial charge in [0.1, 0.15) is 11.4 Å². The van der Waals surface area contributed by atoms with Crippen molar-refractivity contribution < 1.29 is 15.0 Å². The summed E-state index contributed by atoms with van der Waals surface area (Å²) in [6.07, 6.45) is 0. The Bertz CT molecular complexity index is 470. The van der Waals surface area contributed by atoms with Gasteiger partial charge < -0.3 is 15.1 Å². The molecule has 0 aliphatic rings. The third kappa shape index (κ3) is 2.61. The Morgan fingerprint density at radius 1 is 1.44 bits per heavy atom. The first-order valence-electron chi connectivity index (χ1n) is 5.77. The lowest BCUT2D eigenvalue weighted by Gasteiger charge is -2.36. The van der Waals surface area contributed by atoms with Gasteiger partial charge in [-0.15, -0.1) is 0 Å². The minimum atomic E-state index is -1.00. The number of carboxylic acids is 1. The third-order valence-electron chi connectivity index (χ3n) is 3.15. The Hall–Kier alpha value is -1.62. The number of aromatic nitrogens is 1. The van der Waals surface area contributed by atoms with Crippen LogP contribution in [0.2, 0.25) is 0 Å². The second kappa shape index (κ2) is 4.94. The fourth-order valence-electron chi connectivity index (χ4n) is 1.72. The number of hydrogen-bond donors (Lipinski definition) is 2. The van der Waals surface area contributed by atoms with Crippen molar-refractivity contribution in [2.45, 2.75) is 33.2 Å². The summed E-state index contributed by atoms with van der Waals surface area (Å²) in [7, 11) is 1.74. The van der Waals surface area contributed by atoms with Gasteiger partial charge in [-0.2, -0.15) is 0 Å². The summed E-state index contributed by atoms with van der Waals surface area (Å²) >= 11 is 0. The van der Waals surface area contributed by atoms with Crippen molar-refractivity contribution in [2.75, 3.05) is 18.6 Å². The Balaban J connectivity index is 3.44. The van der Waals surface area contributed by atoms with Crippen LogP contribution in [0.15, 0.2) is 6.07 Å². The number of carboxylic acid groups (broad SMARTS) is 1. The molecule has 0 saturated heterocycles. The van der Waals surface area contributed by atoms with Crippen molar-refractivity contribution in [3.63, 3.8) is 0 Å². The van der Waals surface area contributed by atoms with Crippen LogP contribution < -0.4 is 4.90 Å². The van der Waals surface area contributed by atoms with Gasteiger partial charge in [-0.25, -0.2) is 9.78 Å². The summed E-state index contributed by atoms with van der Waals surface area (Å²) in [5, 5.41) is 18.7. The van der Waals surface area contributed by atoms with E-state index < -0.39 is 11.5 Å². The molecule has 2 N–H and O–H groups in total. The molecule has 18 heavy (non-hydrogen) atoms. The van der Waals surface area contributed by atoms with Crippen LogP contribution in [-0.4, -0.2) is 40.4 Å². The van der Waals surface area contributed by atoms with Gasteiger partial charge in [-0.05, 0) is 39.3 Å². The number of nitrogens with zero attached hydrogens (tertiary/aromatic N) is 2. The van der Waals surface area contributed by atoms with E-state index in [2.05, 4.69) is 4.98 Å². The molecule has 0 fully saturated rings. The Morgan fingerprint density at radius 3 is 2.44 bits per heavy atom. The highest BCUT2D eigenvalue weighted by Crippen LogP contribution is 2.26. The van der Waals surface area contributed by atoms with E-state index in [0.717, 1.165) is 5.69 Å². The highest BCUT2D eigenvalue weighted by Gasteiger charge is 2.28. The average Bonchev–Trinajstić information content (AvgIpc) is 2.26. The zero-order valence-corrected chi connectivity index (χ0v) is 11.5. The molecule has 5 heteroatoms. The summed E-state index contributed by atoms with van der Waals surface area (Å²) in [5.74, 6) is -0.616. The number of rotatable bonds is 4. The van der Waals surface area contributed by atoms with Gasteiger partial charge in [0.2, 0.25) is 0 Å². The number of aliphatic hydroxyl groups is 1. The van der Waals surface area contributed by atoms with Crippen molar-refractivity contribution in [3.05, 3.63) is 22.9 Å². The molecule has 0 radical (unpaired) electrons. The molecule has 100 valence electrons. The maximum atomic E-state index is 11.3. The van der Waals surface area contributed by atoms with E-state index in [1.165, 1.54) is 0 Å². The van der Waals surface area contributed by atoms with E-state index in [4.69, 9.17) is 0 Å². The van der Waals surface area contributed by atoms with Crippen LogP contribution in [0, 0.1) is 13.8 Å². The molecule has 0 aliphatic heterocycles. The predicted molar refractivity (Wildman–Crippen MR) is 70.2 cm³/mol. The number of likely N-dealkylation sites (N-methyl/N-ethyl adjacent to an activating group) is 1. The molecule has 1 heterocycles. The normalized spacial score (nSPS) is 11.4. The monoisotopic (exact) mass is 252 g/mol. The summed E-state index contributed by atoms with van der Waals surface area (Å²) in [5.41, 5.74) is 1.04. The molecule has 0 spiro atoms. The summed E-state index contributed by atoms with van der Waals surface area (Å²) < 4.78 is 0. The fourth-order valence-corrected chi connectivity index (χ4v) is 1.72. The molecule has 0 aliphatic carbocycles. The molecule has 1 aromatic heterocycles. The van der Waals surface area contributed by atoms with E-state index in [1.54, 1.807) is 24.9 Å². The number of anilines is 1. The standard InChI is InChI=1S/C13H20N2O3/c1-8-6-9(2)14-11(10(8)12(17)18)15(5)13(3,4)7-16/h6,16H,7H2,1-5H3,(H,17,18). The van der Waals surface area contributed by atoms with Crippen LogP contribution >= 0.6 is 0 Å². The molecular formula is C13H20N2O3. The van der Waals surface area contributed by atoms with Gasteiger partial charge in [0, 0.05) is 12.7 Å². The SMILES string of the molecule is Cc1cc(C)c(C(=O)O)c(N(C)C(C)(C)CO)n1. The number of aryl methyl sites for hydroxylation is 2. The van der Waals surface area contributed by atoms with Crippen LogP contribution in [0.1, 0.15) is 35.5 Å². The van der Waals surface area contributed by atoms with Crippen molar-refractivity contribution in [1.29, 1.82) is 0 Å². The van der Waals surface area contributed by atoms with Crippen LogP contribution in [-0.2, 0) is 0 Å². The van der Waals surface area contributed by atoms with E-state index in [9.17, 15) is 15.0 Å². The van der Waals surface area contributed by atoms with Gasteiger partial charge in [-0.3, -0.25) is 0 Å². The first kappa shape index (κ1) is 14.4. The van der Waals surface area contributed by atoms with Gasteiger partial charge >= 0.3 is 5.97 Å². The number of pyridine rings is 1. The van der Waals surface area contributed by atoms with Crippen molar-refractivity contribution in [3.8, 4) is 0 Å². The number of aliphatic hydroxyl groups excluding tert-OH is 1. The highest BCUT2D eigenvalue weighted by atomic mass is 16.4. The zero-order valence-electron chi connectivity index (χ0n) is 11.5. The second-order valence-corrected chi connectivity index (χ2v) is 5.11. The Labute approximate surface area is 107 Å². The Morgan fingerprint density at radius 2 is 2.00 bits per heavy atom. The van der Waals surface area contributed by atoms with Crippen LogP contribution in [0.5, 0.6) is 0 Å². The van der Waals surface area contributed by atoms with E-state index in [0.29, 0.717) is 11.4 Å². The van der Waals surface area contributed by atoms with Crippen molar-refractivity contribution in [2.24, 2.45) is 0 Å². The Kier molecular flexibility index (Phi) is 3.96. The van der Waals surface area contributed by atoms with Crippen LogP contribution in [0.4, 0.5) is 5.82 Å². The van der Waals surface area contributed by atoms with Crippen LogP contribution in [0.3, 0.4) is 0 Å². The summed E-state index contributed by atoms with van der Waals surface area (Å²) in [4.78, 5) is 17.4. The van der Waals surface area contributed by atoms with Crippen LogP contribution in [0.25, 0.3) is 0 Å². The number of hydrogen-bond acceptors (Lipinski definition) is 4. The molecular weight excluding hydrogens is 232 g/mol. The smallest absolute Gasteiger partial charge is 0.339 e. The molecule has 5 nitrogen and oxygen atoms in total. The van der Waals surface area contributed by atoms with Gasteiger partial charge in [0.05, 0.1) is 12.1 Å². The van der Waals surface area contributed by atoms with Gasteiger partial charge in [-0.1, -0.05) is 0 Å². The molecule has 0 aromatic carbocycles. The van der Waals surface area contributed by atoms with Crippen molar-refractivity contribution in [1.82, 2.24) is 4.98 Å². The minimum Gasteiger partial charge on any atom is -0.478 e. The van der Waals surface area contributed by atoms with Gasteiger partial charge in [0.15, 0.2) is 0 Å². The fraction of sp³-hybridized carbons (Fsp3) is 0.538. The predicted octanol–water partition coefficient (Wildman–Crippen LogP) is 1.60. The molecule has 0 saturated carbocycles.